The van der Waals surface area contributed by atoms with Gasteiger partial charge in [-0.25, -0.2) is 4.98 Å². The maximum absolute atomic E-state index is 5.22. The molecule has 210 valence electrons. The standard InChI is InChI=1S/C41H26N4/c1-2-12-27(13-3-1)29-18-10-19-32(24-29)39-42-40(35-22-11-17-28-14-6-7-20-33(28)35)44-41(43-39)45-37-23-9-8-21-34(37)36-25-30-15-4-5-16-31(30)26-38(36)45/h1-26H. The van der Waals surface area contributed by atoms with Crippen LogP contribution in [0.2, 0.25) is 0 Å². The van der Waals surface area contributed by atoms with Crippen LogP contribution in [0.4, 0.5) is 0 Å². The van der Waals surface area contributed by atoms with Gasteiger partial charge >= 0.3 is 0 Å². The third kappa shape index (κ3) is 4.27. The molecule has 0 N–H and O–H groups in total. The number of benzene rings is 7. The Kier molecular flexibility index (Phi) is 5.78. The summed E-state index contributed by atoms with van der Waals surface area (Å²) in [4.78, 5) is 15.6. The molecule has 0 unspecified atom stereocenters. The van der Waals surface area contributed by atoms with E-state index >= 15 is 0 Å². The first-order chi connectivity index (χ1) is 22.3. The van der Waals surface area contributed by atoms with Crippen molar-refractivity contribution in [2.45, 2.75) is 0 Å². The second kappa shape index (κ2) is 10.2. The van der Waals surface area contributed by atoms with E-state index in [1.54, 1.807) is 0 Å². The summed E-state index contributed by atoms with van der Waals surface area (Å²) in [5.74, 6) is 1.87. The van der Waals surface area contributed by atoms with Gasteiger partial charge in [-0.3, -0.25) is 4.57 Å². The number of fused-ring (bicyclic) bond motifs is 5. The molecule has 4 nitrogen and oxygen atoms in total. The van der Waals surface area contributed by atoms with Crippen molar-refractivity contribution in [2.75, 3.05) is 0 Å². The average molecular weight is 575 g/mol. The fourth-order valence-electron chi connectivity index (χ4n) is 6.47. The van der Waals surface area contributed by atoms with Gasteiger partial charge in [0.25, 0.3) is 0 Å². The molecule has 9 rings (SSSR count). The number of para-hydroxylation sites is 1. The molecule has 0 fully saturated rings. The van der Waals surface area contributed by atoms with Crippen LogP contribution in [0.15, 0.2) is 158 Å². The molecule has 4 heteroatoms. The fourth-order valence-corrected chi connectivity index (χ4v) is 6.47. The van der Waals surface area contributed by atoms with Gasteiger partial charge in [-0.15, -0.1) is 0 Å². The van der Waals surface area contributed by atoms with E-state index in [0.29, 0.717) is 17.6 Å². The highest BCUT2D eigenvalue weighted by Gasteiger charge is 2.19. The summed E-state index contributed by atoms with van der Waals surface area (Å²) < 4.78 is 2.19. The summed E-state index contributed by atoms with van der Waals surface area (Å²) in [6, 6.07) is 55.1. The predicted octanol–water partition coefficient (Wildman–Crippen LogP) is 10.3. The van der Waals surface area contributed by atoms with Gasteiger partial charge in [-0.05, 0) is 56.9 Å². The zero-order chi connectivity index (χ0) is 29.7. The van der Waals surface area contributed by atoms with Crippen LogP contribution in [-0.2, 0) is 0 Å². The van der Waals surface area contributed by atoms with Crippen molar-refractivity contribution < 1.29 is 0 Å². The Morgan fingerprint density at radius 2 is 0.978 bits per heavy atom. The van der Waals surface area contributed by atoms with Crippen LogP contribution in [0.1, 0.15) is 0 Å². The molecule has 2 heterocycles. The maximum Gasteiger partial charge on any atom is 0.238 e. The fraction of sp³-hybridized carbons (Fsp3) is 0. The van der Waals surface area contributed by atoms with Crippen molar-refractivity contribution in [2.24, 2.45) is 0 Å². The van der Waals surface area contributed by atoms with Crippen LogP contribution >= 0.6 is 0 Å². The minimum Gasteiger partial charge on any atom is -0.278 e. The zero-order valence-corrected chi connectivity index (χ0v) is 24.3. The summed E-state index contributed by atoms with van der Waals surface area (Å²) in [6.07, 6.45) is 0. The number of hydrogen-bond acceptors (Lipinski definition) is 3. The number of aromatic nitrogens is 4. The van der Waals surface area contributed by atoms with E-state index in [1.807, 2.05) is 6.07 Å². The molecular formula is C41H26N4. The summed E-state index contributed by atoms with van der Waals surface area (Å²) in [5, 5.41) is 6.97. The Morgan fingerprint density at radius 3 is 1.84 bits per heavy atom. The van der Waals surface area contributed by atoms with E-state index in [0.717, 1.165) is 49.4 Å². The van der Waals surface area contributed by atoms with Crippen LogP contribution in [0.3, 0.4) is 0 Å². The van der Waals surface area contributed by atoms with Gasteiger partial charge in [0.1, 0.15) is 0 Å². The lowest BCUT2D eigenvalue weighted by Crippen LogP contribution is -2.06. The maximum atomic E-state index is 5.22. The van der Waals surface area contributed by atoms with Gasteiger partial charge in [0.15, 0.2) is 11.6 Å². The highest BCUT2D eigenvalue weighted by Crippen LogP contribution is 2.36. The van der Waals surface area contributed by atoms with Crippen molar-refractivity contribution >= 4 is 43.4 Å². The molecule has 0 saturated heterocycles. The van der Waals surface area contributed by atoms with Crippen LogP contribution in [0.5, 0.6) is 0 Å². The second-order valence-electron chi connectivity index (χ2n) is 11.3. The first-order valence-electron chi connectivity index (χ1n) is 15.1. The molecule has 0 aliphatic heterocycles. The van der Waals surface area contributed by atoms with E-state index in [-0.39, 0.29) is 0 Å². The molecule has 0 amide bonds. The summed E-state index contributed by atoms with van der Waals surface area (Å²) in [7, 11) is 0. The average Bonchev–Trinajstić information content (AvgIpc) is 3.43. The van der Waals surface area contributed by atoms with Gasteiger partial charge in [0, 0.05) is 21.9 Å². The lowest BCUT2D eigenvalue weighted by atomic mass is 10.0. The quantitative estimate of drug-likeness (QED) is 0.210. The molecule has 7 aromatic carbocycles. The molecule has 0 bridgehead atoms. The molecule has 45 heavy (non-hydrogen) atoms. The molecule has 0 aliphatic carbocycles. The first kappa shape index (κ1) is 25.4. The Bertz CT molecular complexity index is 2540. The van der Waals surface area contributed by atoms with Crippen LogP contribution in [0.25, 0.3) is 83.2 Å². The largest absolute Gasteiger partial charge is 0.278 e. The second-order valence-corrected chi connectivity index (χ2v) is 11.3. The SMILES string of the molecule is c1ccc(-c2cccc(-c3nc(-c4cccc5ccccc45)nc(-n4c5ccccc5c5cc6ccccc6cc54)n3)c2)cc1. The van der Waals surface area contributed by atoms with Gasteiger partial charge in [-0.2, -0.15) is 9.97 Å². The lowest BCUT2D eigenvalue weighted by molar-refractivity contribution is 0.954. The predicted molar refractivity (Wildman–Crippen MR) is 185 cm³/mol. The molecule has 0 radical (unpaired) electrons. The molecule has 0 aliphatic rings. The number of hydrogen-bond donors (Lipinski definition) is 0. The van der Waals surface area contributed by atoms with E-state index < -0.39 is 0 Å². The molecular weight excluding hydrogens is 548 g/mol. The van der Waals surface area contributed by atoms with Crippen molar-refractivity contribution in [3.63, 3.8) is 0 Å². The Labute approximate surface area is 259 Å². The van der Waals surface area contributed by atoms with Gasteiger partial charge < -0.3 is 0 Å². The molecule has 0 spiro atoms. The highest BCUT2D eigenvalue weighted by atomic mass is 15.2. The monoisotopic (exact) mass is 574 g/mol. The minimum absolute atomic E-state index is 0.592. The topological polar surface area (TPSA) is 43.6 Å². The van der Waals surface area contributed by atoms with Crippen LogP contribution in [0, 0.1) is 0 Å². The molecule has 0 saturated carbocycles. The van der Waals surface area contributed by atoms with Crippen molar-refractivity contribution in [1.82, 2.24) is 19.5 Å². The van der Waals surface area contributed by atoms with Crippen molar-refractivity contribution in [3.8, 4) is 39.9 Å². The number of rotatable bonds is 4. The smallest absolute Gasteiger partial charge is 0.238 e. The summed E-state index contributed by atoms with van der Waals surface area (Å²) >= 11 is 0. The van der Waals surface area contributed by atoms with Crippen LogP contribution in [-0.4, -0.2) is 19.5 Å². The highest BCUT2D eigenvalue weighted by molar-refractivity contribution is 6.13. The van der Waals surface area contributed by atoms with E-state index in [1.165, 1.54) is 16.2 Å². The Hall–Kier alpha value is -6.13. The van der Waals surface area contributed by atoms with Crippen LogP contribution < -0.4 is 0 Å². The minimum atomic E-state index is 0.592. The van der Waals surface area contributed by atoms with Crippen molar-refractivity contribution in [1.29, 1.82) is 0 Å². The molecule has 2 aromatic heterocycles. The first-order valence-corrected chi connectivity index (χ1v) is 15.1. The zero-order valence-electron chi connectivity index (χ0n) is 24.3. The third-order valence-electron chi connectivity index (χ3n) is 8.62. The normalized spacial score (nSPS) is 11.6. The third-order valence-corrected chi connectivity index (χ3v) is 8.62. The number of nitrogens with zero attached hydrogens (tertiary/aromatic N) is 4. The van der Waals surface area contributed by atoms with E-state index in [4.69, 9.17) is 15.0 Å². The van der Waals surface area contributed by atoms with E-state index in [2.05, 4.69) is 156 Å². The van der Waals surface area contributed by atoms with E-state index in [9.17, 15) is 0 Å². The lowest BCUT2D eigenvalue weighted by Gasteiger charge is -2.13. The van der Waals surface area contributed by atoms with Gasteiger partial charge in [-0.1, -0.05) is 133 Å². The summed E-state index contributed by atoms with van der Waals surface area (Å²) in [6.45, 7) is 0. The van der Waals surface area contributed by atoms with Crippen molar-refractivity contribution in [3.05, 3.63) is 158 Å². The summed E-state index contributed by atoms with van der Waals surface area (Å²) in [5.41, 5.74) is 6.30. The Morgan fingerprint density at radius 1 is 0.356 bits per heavy atom. The van der Waals surface area contributed by atoms with Gasteiger partial charge in [0.2, 0.25) is 5.95 Å². The molecule has 9 aromatic rings. The Balaban J connectivity index is 1.35. The van der Waals surface area contributed by atoms with Gasteiger partial charge in [0.05, 0.1) is 11.0 Å². The molecule has 0 atom stereocenters.